The molecule has 0 aromatic heterocycles. The van der Waals surface area contributed by atoms with Crippen LogP contribution in [0.3, 0.4) is 0 Å². The molecule has 0 fully saturated rings. The quantitative estimate of drug-likeness (QED) is 0.579. The van der Waals surface area contributed by atoms with E-state index in [-0.39, 0.29) is 7.58 Å². The van der Waals surface area contributed by atoms with E-state index in [0.717, 1.165) is 0 Å². The van der Waals surface area contributed by atoms with Crippen LogP contribution in [0.5, 0.6) is 0 Å². The van der Waals surface area contributed by atoms with E-state index in [9.17, 15) is 9.59 Å². The number of rotatable bonds is 2. The number of halogens is 2. The third-order valence-electron chi connectivity index (χ3n) is 1.32. The van der Waals surface area contributed by atoms with Gasteiger partial charge in [0.2, 0.25) is 7.58 Å². The van der Waals surface area contributed by atoms with Gasteiger partial charge in [0.15, 0.2) is 0 Å². The third-order valence-corrected chi connectivity index (χ3v) is 2.56. The first-order valence-electron chi connectivity index (χ1n) is 3.11. The first kappa shape index (κ1) is 10.1. The molecule has 0 N–H and O–H groups in total. The molecule has 0 aliphatic carbocycles. The summed E-state index contributed by atoms with van der Waals surface area (Å²) < 4.78 is -0.0980. The van der Waals surface area contributed by atoms with Gasteiger partial charge in [-0.3, -0.25) is 9.59 Å². The molecule has 62 valence electrons. The molecule has 0 saturated carbocycles. The summed E-state index contributed by atoms with van der Waals surface area (Å²) >= 11 is 3.39. The molecular formula is C8H4I2O2. The predicted octanol–water partition coefficient (Wildman–Crippen LogP) is 2.84. The van der Waals surface area contributed by atoms with Crippen LogP contribution in [0.25, 0.3) is 0 Å². The maximum atomic E-state index is 10.9. The lowest BCUT2D eigenvalue weighted by Gasteiger charge is -1.95. The molecule has 0 radical (unpaired) electrons. The smallest absolute Gasteiger partial charge is 0.222 e. The van der Waals surface area contributed by atoms with Gasteiger partial charge in [-0.15, -0.1) is 0 Å². The van der Waals surface area contributed by atoms with Gasteiger partial charge in [0.1, 0.15) is 0 Å². The fourth-order valence-electron chi connectivity index (χ4n) is 0.764. The molecule has 0 aliphatic heterocycles. The SMILES string of the molecule is O=C(I)c1cccc(C(=O)I)c1. The van der Waals surface area contributed by atoms with Crippen LogP contribution in [-0.4, -0.2) is 7.58 Å². The second kappa shape index (κ2) is 4.31. The fraction of sp³-hybridized carbons (Fsp3) is 0. The zero-order valence-electron chi connectivity index (χ0n) is 5.88. The Hall–Kier alpha value is 0.0200. The van der Waals surface area contributed by atoms with E-state index in [1.165, 1.54) is 0 Å². The molecule has 0 amide bonds. The summed E-state index contributed by atoms with van der Waals surface area (Å²) in [5.41, 5.74) is 1.14. The lowest BCUT2D eigenvalue weighted by Crippen LogP contribution is -1.92. The Balaban J connectivity index is 3.12. The summed E-state index contributed by atoms with van der Waals surface area (Å²) in [4.78, 5) is 21.8. The van der Waals surface area contributed by atoms with Gasteiger partial charge in [-0.2, -0.15) is 0 Å². The van der Waals surface area contributed by atoms with E-state index in [1.54, 1.807) is 69.4 Å². The van der Waals surface area contributed by atoms with E-state index in [1.807, 2.05) is 0 Å². The molecule has 1 aromatic carbocycles. The molecule has 0 heterocycles. The van der Waals surface area contributed by atoms with Crippen molar-refractivity contribution in [2.75, 3.05) is 0 Å². The summed E-state index contributed by atoms with van der Waals surface area (Å²) in [5, 5.41) is 0. The van der Waals surface area contributed by atoms with Crippen LogP contribution in [0.15, 0.2) is 24.3 Å². The zero-order chi connectivity index (χ0) is 9.14. The average molecular weight is 386 g/mol. The highest BCUT2D eigenvalue weighted by Crippen LogP contribution is 2.11. The number of benzene rings is 1. The molecule has 0 spiro atoms. The van der Waals surface area contributed by atoms with Crippen LogP contribution in [0.2, 0.25) is 0 Å². The Kier molecular flexibility index (Phi) is 3.63. The summed E-state index contributed by atoms with van der Waals surface area (Å²) in [5.74, 6) is 0. The molecule has 0 atom stereocenters. The third kappa shape index (κ3) is 2.51. The molecule has 1 aromatic rings. The van der Waals surface area contributed by atoms with Crippen LogP contribution >= 0.6 is 45.2 Å². The van der Waals surface area contributed by atoms with Crippen molar-refractivity contribution < 1.29 is 9.59 Å². The maximum Gasteiger partial charge on any atom is 0.222 e. The first-order valence-corrected chi connectivity index (χ1v) is 5.27. The molecular weight excluding hydrogens is 382 g/mol. The van der Waals surface area contributed by atoms with Gasteiger partial charge in [0.25, 0.3) is 0 Å². The molecule has 4 heteroatoms. The zero-order valence-corrected chi connectivity index (χ0v) is 10.2. The molecule has 0 unspecified atom stereocenters. The van der Waals surface area contributed by atoms with Gasteiger partial charge in [-0.05, 0) is 6.07 Å². The fourth-order valence-corrected chi connectivity index (χ4v) is 1.43. The number of hydrogen-bond donors (Lipinski definition) is 0. The van der Waals surface area contributed by atoms with E-state index >= 15 is 0 Å². The molecule has 0 aliphatic rings. The summed E-state index contributed by atoms with van der Waals surface area (Å²) in [7, 11) is 0. The van der Waals surface area contributed by atoms with Gasteiger partial charge in [0.05, 0.1) is 0 Å². The average Bonchev–Trinajstić information content (AvgIpc) is 2.04. The standard InChI is InChI=1S/C8H4I2O2/c9-7(11)5-2-1-3-6(4-5)8(10)12/h1-4H. The molecule has 0 saturated heterocycles. The van der Waals surface area contributed by atoms with Crippen LogP contribution in [0.4, 0.5) is 0 Å². The van der Waals surface area contributed by atoms with Crippen molar-refractivity contribution in [1.29, 1.82) is 0 Å². The lowest BCUT2D eigenvalue weighted by molar-refractivity contribution is 0.110. The van der Waals surface area contributed by atoms with Crippen molar-refractivity contribution >= 4 is 52.8 Å². The van der Waals surface area contributed by atoms with E-state index in [0.29, 0.717) is 11.1 Å². The van der Waals surface area contributed by atoms with E-state index in [2.05, 4.69) is 0 Å². The van der Waals surface area contributed by atoms with Crippen LogP contribution in [-0.2, 0) is 0 Å². The Morgan fingerprint density at radius 2 is 1.42 bits per heavy atom. The van der Waals surface area contributed by atoms with Crippen LogP contribution in [0, 0.1) is 0 Å². The highest BCUT2D eigenvalue weighted by molar-refractivity contribution is 14.1. The second-order valence-electron chi connectivity index (χ2n) is 2.13. The normalized spacial score (nSPS) is 9.50. The maximum absolute atomic E-state index is 10.9. The van der Waals surface area contributed by atoms with Crippen molar-refractivity contribution in [3.63, 3.8) is 0 Å². The van der Waals surface area contributed by atoms with Gasteiger partial charge < -0.3 is 0 Å². The molecule has 2 nitrogen and oxygen atoms in total. The largest absolute Gasteiger partial charge is 0.282 e. The van der Waals surface area contributed by atoms with Crippen molar-refractivity contribution in [2.24, 2.45) is 0 Å². The van der Waals surface area contributed by atoms with Crippen molar-refractivity contribution in [2.45, 2.75) is 0 Å². The minimum absolute atomic E-state index is 0.0490. The molecule has 0 bridgehead atoms. The van der Waals surface area contributed by atoms with E-state index < -0.39 is 0 Å². The van der Waals surface area contributed by atoms with Gasteiger partial charge in [-0.25, -0.2) is 0 Å². The summed E-state index contributed by atoms with van der Waals surface area (Å²) in [6, 6.07) is 6.69. The Morgan fingerprint density at radius 3 is 1.75 bits per heavy atom. The minimum Gasteiger partial charge on any atom is -0.282 e. The monoisotopic (exact) mass is 386 g/mol. The van der Waals surface area contributed by atoms with Crippen molar-refractivity contribution in [3.8, 4) is 0 Å². The highest BCUT2D eigenvalue weighted by atomic mass is 127. The molecule has 12 heavy (non-hydrogen) atoms. The topological polar surface area (TPSA) is 34.1 Å². The summed E-state index contributed by atoms with van der Waals surface area (Å²) in [6.07, 6.45) is 0. The number of carbonyl (C=O) groups excluding carboxylic acids is 2. The Labute approximate surface area is 97.0 Å². The van der Waals surface area contributed by atoms with Gasteiger partial charge in [0, 0.05) is 56.3 Å². The second-order valence-corrected chi connectivity index (χ2v) is 4.09. The van der Waals surface area contributed by atoms with Crippen molar-refractivity contribution in [3.05, 3.63) is 35.4 Å². The van der Waals surface area contributed by atoms with E-state index in [4.69, 9.17) is 0 Å². The highest BCUT2D eigenvalue weighted by Gasteiger charge is 2.04. The predicted molar refractivity (Wildman–Crippen MR) is 63.1 cm³/mol. The van der Waals surface area contributed by atoms with Crippen LogP contribution in [0.1, 0.15) is 20.7 Å². The Morgan fingerprint density at radius 1 is 1.00 bits per heavy atom. The van der Waals surface area contributed by atoms with Gasteiger partial charge in [-0.1, -0.05) is 18.2 Å². The molecule has 1 rings (SSSR count). The minimum atomic E-state index is -0.0490. The van der Waals surface area contributed by atoms with Gasteiger partial charge >= 0.3 is 0 Å². The first-order chi connectivity index (χ1) is 5.61. The Bertz CT molecular complexity index is 304. The summed E-state index contributed by atoms with van der Waals surface area (Å²) in [6.45, 7) is 0. The number of carbonyl (C=O) groups is 2. The number of hydrogen-bond acceptors (Lipinski definition) is 2. The lowest BCUT2D eigenvalue weighted by atomic mass is 10.1. The van der Waals surface area contributed by atoms with Crippen molar-refractivity contribution in [1.82, 2.24) is 0 Å². The van der Waals surface area contributed by atoms with Crippen LogP contribution < -0.4 is 0 Å².